The molecule has 2 heterocycles. The predicted octanol–water partition coefficient (Wildman–Crippen LogP) is 7.09. The number of rotatable bonds is 10. The number of carbonyl (C=O) groups is 2. The molecule has 0 bridgehead atoms. The minimum Gasteiger partial charge on any atom is -0.364 e. The molecule has 1 saturated carbocycles. The summed E-state index contributed by atoms with van der Waals surface area (Å²) in [5.41, 5.74) is 6.74. The van der Waals surface area contributed by atoms with Crippen LogP contribution in [0, 0.1) is 5.92 Å². The number of aromatic nitrogens is 3. The van der Waals surface area contributed by atoms with Crippen molar-refractivity contribution in [3.05, 3.63) is 45.2 Å². The number of benzene rings is 1. The van der Waals surface area contributed by atoms with E-state index >= 15 is 0 Å². The van der Waals surface area contributed by atoms with Gasteiger partial charge in [0.1, 0.15) is 11.5 Å². The van der Waals surface area contributed by atoms with E-state index in [-0.39, 0.29) is 34.2 Å². The molecule has 1 aliphatic carbocycles. The summed E-state index contributed by atoms with van der Waals surface area (Å²) in [6.45, 7) is 1.59. The van der Waals surface area contributed by atoms with Gasteiger partial charge in [-0.1, -0.05) is 6.07 Å². The summed E-state index contributed by atoms with van der Waals surface area (Å²) in [7, 11) is 0. The molecule has 0 radical (unpaired) electrons. The molecule has 7 nitrogen and oxygen atoms in total. The molecular formula is C27H29F8N5O2S. The van der Waals surface area contributed by atoms with Gasteiger partial charge in [-0.2, -0.15) is 26.3 Å². The highest BCUT2D eigenvalue weighted by Crippen LogP contribution is 2.47. The van der Waals surface area contributed by atoms with Crippen molar-refractivity contribution in [3.63, 3.8) is 0 Å². The molecule has 2 aromatic heterocycles. The van der Waals surface area contributed by atoms with Crippen molar-refractivity contribution in [1.82, 2.24) is 20.3 Å². The summed E-state index contributed by atoms with van der Waals surface area (Å²) in [4.78, 5) is 36.4. The Bertz CT molecular complexity index is 1460. The molecule has 2 atom stereocenters. The van der Waals surface area contributed by atoms with Crippen molar-refractivity contribution >= 4 is 34.2 Å². The highest BCUT2D eigenvalue weighted by atomic mass is 32.1. The summed E-state index contributed by atoms with van der Waals surface area (Å²) in [6, 6.07) is 4.19. The predicted molar refractivity (Wildman–Crippen MR) is 142 cm³/mol. The summed E-state index contributed by atoms with van der Waals surface area (Å²) in [5, 5.41) is 2.54. The second-order valence-corrected chi connectivity index (χ2v) is 11.9. The molecule has 0 aliphatic heterocycles. The molecule has 16 heteroatoms. The standard InChI is InChI=1S/C27H29F8N5O2S/c1-13(37-18(41)6-10-26(30,31)32)15-2-3-16-17(12-15)39-24(38-16)20(14-4-8-25(28,29)9-5-14)22-21(23(36)42)40-19(43-22)7-11-27(33,34)35/h2-3,12-14,20H,4-11H2,1H3,(H2,36,42)(H,37,41)(H,38,39)/t13-,20-/m1/s1. The average molecular weight is 640 g/mol. The first kappa shape index (κ1) is 32.6. The number of hydrogen-bond donors (Lipinski definition) is 3. The van der Waals surface area contributed by atoms with Crippen molar-refractivity contribution < 1.29 is 44.7 Å². The zero-order valence-electron chi connectivity index (χ0n) is 22.8. The first-order chi connectivity index (χ1) is 19.9. The van der Waals surface area contributed by atoms with E-state index in [1.165, 1.54) is 0 Å². The minimum absolute atomic E-state index is 0.0285. The number of nitrogens with two attached hydrogens (primary N) is 1. The summed E-state index contributed by atoms with van der Waals surface area (Å²) >= 11 is 0.869. The first-order valence-corrected chi connectivity index (χ1v) is 14.3. The zero-order valence-corrected chi connectivity index (χ0v) is 23.7. The fraction of sp³-hybridized carbons (Fsp3) is 0.556. The number of carbonyl (C=O) groups excluding carboxylic acids is 2. The summed E-state index contributed by atoms with van der Waals surface area (Å²) in [6.07, 6.45) is -13.3. The largest absolute Gasteiger partial charge is 0.389 e. The van der Waals surface area contributed by atoms with Gasteiger partial charge in [-0.25, -0.2) is 18.7 Å². The number of nitrogens with zero attached hydrogens (tertiary/aromatic N) is 2. The van der Waals surface area contributed by atoms with E-state index < -0.39 is 86.5 Å². The molecule has 4 N–H and O–H groups in total. The number of aromatic amines is 1. The third kappa shape index (κ3) is 8.63. The lowest BCUT2D eigenvalue weighted by atomic mass is 9.77. The Balaban J connectivity index is 1.67. The van der Waals surface area contributed by atoms with E-state index in [0.29, 0.717) is 16.6 Å². The Labute approximate surface area is 244 Å². The van der Waals surface area contributed by atoms with Crippen LogP contribution in [0.4, 0.5) is 35.1 Å². The molecule has 236 valence electrons. The van der Waals surface area contributed by atoms with Crippen LogP contribution in [0.2, 0.25) is 0 Å². The minimum atomic E-state index is -4.47. The molecule has 1 fully saturated rings. The number of halogens is 8. The van der Waals surface area contributed by atoms with E-state index in [2.05, 4.69) is 20.3 Å². The quantitative estimate of drug-likeness (QED) is 0.206. The van der Waals surface area contributed by atoms with Crippen LogP contribution in [-0.2, 0) is 11.2 Å². The lowest BCUT2D eigenvalue weighted by molar-refractivity contribution is -0.144. The third-order valence-corrected chi connectivity index (χ3v) is 8.60. The van der Waals surface area contributed by atoms with E-state index in [9.17, 15) is 44.7 Å². The van der Waals surface area contributed by atoms with Gasteiger partial charge >= 0.3 is 12.4 Å². The molecule has 0 saturated heterocycles. The molecular weight excluding hydrogens is 610 g/mol. The zero-order chi connectivity index (χ0) is 31.7. The van der Waals surface area contributed by atoms with Gasteiger partial charge in [0, 0.05) is 37.0 Å². The van der Waals surface area contributed by atoms with Crippen LogP contribution in [0.25, 0.3) is 11.0 Å². The number of alkyl halides is 8. The number of imidazole rings is 1. The number of H-pyrrole nitrogens is 1. The smallest absolute Gasteiger partial charge is 0.364 e. The number of hydrogen-bond acceptors (Lipinski definition) is 5. The fourth-order valence-corrected chi connectivity index (χ4v) is 6.46. The number of fused-ring (bicyclic) bond motifs is 1. The van der Waals surface area contributed by atoms with Gasteiger partial charge in [-0.3, -0.25) is 9.59 Å². The fourth-order valence-electron chi connectivity index (χ4n) is 5.19. The monoisotopic (exact) mass is 639 g/mol. The van der Waals surface area contributed by atoms with Crippen LogP contribution in [0.1, 0.15) is 95.6 Å². The maximum Gasteiger partial charge on any atom is 0.389 e. The van der Waals surface area contributed by atoms with Crippen molar-refractivity contribution in [3.8, 4) is 0 Å². The third-order valence-electron chi connectivity index (χ3n) is 7.40. The van der Waals surface area contributed by atoms with Crippen LogP contribution in [0.15, 0.2) is 18.2 Å². The summed E-state index contributed by atoms with van der Waals surface area (Å²) in [5.74, 6) is -5.61. The Morgan fingerprint density at radius 1 is 1.09 bits per heavy atom. The van der Waals surface area contributed by atoms with Gasteiger partial charge < -0.3 is 16.0 Å². The van der Waals surface area contributed by atoms with Crippen LogP contribution in [0.5, 0.6) is 0 Å². The number of primary amides is 1. The van der Waals surface area contributed by atoms with E-state index in [1.807, 2.05) is 0 Å². The topological polar surface area (TPSA) is 114 Å². The Morgan fingerprint density at radius 3 is 2.35 bits per heavy atom. The Hall–Kier alpha value is -3.30. The Morgan fingerprint density at radius 2 is 1.74 bits per heavy atom. The van der Waals surface area contributed by atoms with Crippen LogP contribution >= 0.6 is 11.3 Å². The SMILES string of the molecule is C[C@@H](NC(=O)CCC(F)(F)F)c1ccc2nc([C@@H](c3sc(CCC(F)(F)F)nc3C(N)=O)C3CCC(F)(F)CC3)[nH]c2c1. The van der Waals surface area contributed by atoms with Crippen molar-refractivity contribution in [2.45, 2.75) is 88.5 Å². The average Bonchev–Trinajstić information content (AvgIpc) is 3.51. The molecule has 4 rings (SSSR count). The van der Waals surface area contributed by atoms with Gasteiger partial charge in [0.25, 0.3) is 5.91 Å². The summed E-state index contributed by atoms with van der Waals surface area (Å²) < 4.78 is 104. The Kier molecular flexibility index (Phi) is 9.38. The van der Waals surface area contributed by atoms with Gasteiger partial charge in [0.2, 0.25) is 11.8 Å². The molecule has 0 spiro atoms. The lowest BCUT2D eigenvalue weighted by Gasteiger charge is -2.32. The lowest BCUT2D eigenvalue weighted by Crippen LogP contribution is -2.29. The van der Waals surface area contributed by atoms with Crippen molar-refractivity contribution in [2.24, 2.45) is 11.7 Å². The van der Waals surface area contributed by atoms with Crippen LogP contribution < -0.4 is 11.1 Å². The van der Waals surface area contributed by atoms with E-state index in [0.717, 1.165) is 11.3 Å². The second kappa shape index (κ2) is 12.4. The highest BCUT2D eigenvalue weighted by molar-refractivity contribution is 7.12. The number of amides is 2. The van der Waals surface area contributed by atoms with Gasteiger partial charge in [-0.15, -0.1) is 11.3 Å². The number of aryl methyl sites for hydroxylation is 1. The molecule has 0 unspecified atom stereocenters. The maximum absolute atomic E-state index is 14.1. The maximum atomic E-state index is 14.1. The van der Waals surface area contributed by atoms with Crippen molar-refractivity contribution in [1.29, 1.82) is 0 Å². The highest BCUT2D eigenvalue weighted by Gasteiger charge is 2.41. The number of nitrogens with one attached hydrogen (secondary N) is 2. The molecule has 1 aromatic carbocycles. The first-order valence-electron chi connectivity index (χ1n) is 13.5. The molecule has 2 amide bonds. The molecule has 3 aromatic rings. The number of thiazole rings is 1. The van der Waals surface area contributed by atoms with Gasteiger partial charge in [-0.05, 0) is 43.4 Å². The van der Waals surface area contributed by atoms with Crippen LogP contribution in [0.3, 0.4) is 0 Å². The normalized spacial score (nSPS) is 17.6. The van der Waals surface area contributed by atoms with E-state index in [1.54, 1.807) is 25.1 Å². The van der Waals surface area contributed by atoms with E-state index in [4.69, 9.17) is 5.73 Å². The van der Waals surface area contributed by atoms with Crippen molar-refractivity contribution in [2.75, 3.05) is 0 Å². The second-order valence-electron chi connectivity index (χ2n) is 10.8. The van der Waals surface area contributed by atoms with Gasteiger partial charge in [0.05, 0.1) is 34.4 Å². The van der Waals surface area contributed by atoms with Crippen LogP contribution in [-0.4, -0.2) is 45.0 Å². The van der Waals surface area contributed by atoms with Gasteiger partial charge in [0.15, 0.2) is 0 Å². The molecule has 1 aliphatic rings. The molecule has 43 heavy (non-hydrogen) atoms.